The molecule has 1 saturated heterocycles. The number of aromatic nitrogens is 1. The van der Waals surface area contributed by atoms with E-state index in [9.17, 15) is 19.2 Å². The Morgan fingerprint density at radius 1 is 1.16 bits per heavy atom. The Morgan fingerprint density at radius 2 is 1.88 bits per heavy atom. The van der Waals surface area contributed by atoms with Crippen LogP contribution in [0, 0.1) is 13.8 Å². The lowest BCUT2D eigenvalue weighted by molar-refractivity contribution is -0.155. The number of hydrogen-bond acceptors (Lipinski definition) is 5. The van der Waals surface area contributed by atoms with Crippen LogP contribution in [0.2, 0.25) is 0 Å². The highest BCUT2D eigenvalue weighted by Gasteiger charge is 2.60. The Kier molecular flexibility index (Phi) is 4.51. The SMILES string of the molecule is Cc1cc(C(=O)COC(=O)[C@@]23CCC(=O)N2c2ccccc2C(=O)N3C)c(C)n1C1CC1. The first-order valence-corrected chi connectivity index (χ1v) is 10.9. The molecule has 2 aliphatic heterocycles. The molecule has 1 atom stereocenters. The average Bonchev–Trinajstić information content (AvgIpc) is 3.48. The summed E-state index contributed by atoms with van der Waals surface area (Å²) in [5, 5.41) is 0. The normalized spacial score (nSPS) is 22.1. The van der Waals surface area contributed by atoms with Crippen LogP contribution in [0.25, 0.3) is 0 Å². The first-order chi connectivity index (χ1) is 15.3. The zero-order valence-corrected chi connectivity index (χ0v) is 18.4. The average molecular weight is 435 g/mol. The lowest BCUT2D eigenvalue weighted by Crippen LogP contribution is -2.67. The molecule has 2 aromatic rings. The maximum atomic E-state index is 13.4. The molecule has 2 fully saturated rings. The second kappa shape index (κ2) is 7.05. The summed E-state index contributed by atoms with van der Waals surface area (Å²) in [5.41, 5.74) is 1.61. The molecule has 0 spiro atoms. The highest BCUT2D eigenvalue weighted by molar-refractivity contribution is 6.15. The molecular formula is C24H25N3O5. The van der Waals surface area contributed by atoms with Crippen LogP contribution in [0.5, 0.6) is 0 Å². The number of para-hydroxylation sites is 1. The van der Waals surface area contributed by atoms with Crippen LogP contribution in [0.4, 0.5) is 5.69 Å². The van der Waals surface area contributed by atoms with Gasteiger partial charge >= 0.3 is 5.97 Å². The third-order valence-electron chi connectivity index (χ3n) is 6.90. The van der Waals surface area contributed by atoms with Gasteiger partial charge in [0.2, 0.25) is 17.4 Å². The molecule has 1 aliphatic carbocycles. The highest BCUT2D eigenvalue weighted by atomic mass is 16.5. The van der Waals surface area contributed by atoms with Gasteiger partial charge in [-0.15, -0.1) is 0 Å². The molecule has 166 valence electrons. The molecule has 0 unspecified atom stereocenters. The van der Waals surface area contributed by atoms with Gasteiger partial charge in [-0.2, -0.15) is 0 Å². The molecule has 0 N–H and O–H groups in total. The molecule has 0 bridgehead atoms. The maximum Gasteiger partial charge on any atom is 0.354 e. The van der Waals surface area contributed by atoms with Gasteiger partial charge in [0.15, 0.2) is 6.61 Å². The first-order valence-electron chi connectivity index (χ1n) is 10.9. The summed E-state index contributed by atoms with van der Waals surface area (Å²) in [4.78, 5) is 54.6. The van der Waals surface area contributed by atoms with Crippen LogP contribution in [-0.4, -0.2) is 52.4 Å². The van der Waals surface area contributed by atoms with Gasteiger partial charge in [0.25, 0.3) is 5.91 Å². The van der Waals surface area contributed by atoms with Crippen LogP contribution >= 0.6 is 0 Å². The third-order valence-corrected chi connectivity index (χ3v) is 6.90. The molecule has 3 aliphatic rings. The van der Waals surface area contributed by atoms with Crippen molar-refractivity contribution in [1.82, 2.24) is 9.47 Å². The highest BCUT2D eigenvalue weighted by Crippen LogP contribution is 2.44. The minimum atomic E-state index is -1.58. The van der Waals surface area contributed by atoms with Gasteiger partial charge in [0.1, 0.15) is 0 Å². The fraction of sp³-hybridized carbons (Fsp3) is 0.417. The van der Waals surface area contributed by atoms with Crippen molar-refractivity contribution in [2.75, 3.05) is 18.6 Å². The van der Waals surface area contributed by atoms with Crippen LogP contribution < -0.4 is 4.90 Å². The number of carbonyl (C=O) groups excluding carboxylic acids is 4. The number of nitrogens with zero attached hydrogens (tertiary/aromatic N) is 3. The number of rotatable bonds is 5. The lowest BCUT2D eigenvalue weighted by atomic mass is 9.97. The van der Waals surface area contributed by atoms with Crippen molar-refractivity contribution in [2.24, 2.45) is 0 Å². The zero-order chi connectivity index (χ0) is 22.8. The Hall–Kier alpha value is -3.42. The van der Waals surface area contributed by atoms with E-state index in [0.29, 0.717) is 22.9 Å². The van der Waals surface area contributed by atoms with Crippen LogP contribution in [0.1, 0.15) is 63.8 Å². The third kappa shape index (κ3) is 2.75. The number of ketones is 1. The minimum absolute atomic E-state index is 0.109. The molecule has 2 amide bonds. The van der Waals surface area contributed by atoms with E-state index >= 15 is 0 Å². The van der Waals surface area contributed by atoms with E-state index in [4.69, 9.17) is 4.74 Å². The van der Waals surface area contributed by atoms with Gasteiger partial charge in [-0.1, -0.05) is 12.1 Å². The Balaban J connectivity index is 1.42. The van der Waals surface area contributed by atoms with Crippen LogP contribution in [-0.2, 0) is 14.3 Å². The van der Waals surface area contributed by atoms with Crippen molar-refractivity contribution < 1.29 is 23.9 Å². The summed E-state index contributed by atoms with van der Waals surface area (Å²) in [7, 11) is 1.50. The number of anilines is 1. The van der Waals surface area contributed by atoms with Gasteiger partial charge < -0.3 is 14.2 Å². The first kappa shape index (κ1) is 20.5. The summed E-state index contributed by atoms with van der Waals surface area (Å²) in [6.45, 7) is 3.43. The standard InChI is InChI=1S/C24H25N3O5/c1-14-12-18(15(2)26(14)16-8-9-16)20(28)13-32-23(31)24-11-10-21(29)27(24)19-7-5-4-6-17(19)22(30)25(24)3/h4-7,12,16H,8-11,13H2,1-3H3/t24-/m1/s1. The molecule has 32 heavy (non-hydrogen) atoms. The van der Waals surface area contributed by atoms with Crippen molar-refractivity contribution in [3.63, 3.8) is 0 Å². The largest absolute Gasteiger partial charge is 0.454 e. The van der Waals surface area contributed by atoms with Gasteiger partial charge in [-0.25, -0.2) is 4.79 Å². The number of amides is 2. The number of esters is 1. The van der Waals surface area contributed by atoms with E-state index in [-0.39, 0.29) is 30.4 Å². The quantitative estimate of drug-likeness (QED) is 0.532. The van der Waals surface area contributed by atoms with Crippen molar-refractivity contribution in [1.29, 1.82) is 0 Å². The summed E-state index contributed by atoms with van der Waals surface area (Å²) in [6.07, 6.45) is 2.43. The number of carbonyl (C=O) groups is 4. The molecule has 8 heteroatoms. The fourth-order valence-corrected chi connectivity index (χ4v) is 5.17. The number of ether oxygens (including phenoxy) is 1. The number of aryl methyl sites for hydroxylation is 1. The number of benzene rings is 1. The number of fused-ring (bicyclic) bond motifs is 3. The van der Waals surface area contributed by atoms with Crippen molar-refractivity contribution in [2.45, 2.75) is 51.2 Å². The van der Waals surface area contributed by atoms with E-state index in [0.717, 1.165) is 24.2 Å². The lowest BCUT2D eigenvalue weighted by Gasteiger charge is -2.46. The van der Waals surface area contributed by atoms with Gasteiger partial charge in [-0.3, -0.25) is 19.3 Å². The summed E-state index contributed by atoms with van der Waals surface area (Å²) >= 11 is 0. The monoisotopic (exact) mass is 435 g/mol. The second-order valence-electron chi connectivity index (χ2n) is 8.81. The van der Waals surface area contributed by atoms with E-state index in [1.165, 1.54) is 16.8 Å². The molecular weight excluding hydrogens is 410 g/mol. The van der Waals surface area contributed by atoms with Crippen LogP contribution in [0.3, 0.4) is 0 Å². The molecule has 8 nitrogen and oxygen atoms in total. The predicted molar refractivity (Wildman–Crippen MR) is 115 cm³/mol. The van der Waals surface area contributed by atoms with E-state index in [1.54, 1.807) is 24.3 Å². The summed E-state index contributed by atoms with van der Waals surface area (Å²) in [5.74, 6) is -1.68. The molecule has 3 heterocycles. The Morgan fingerprint density at radius 3 is 2.59 bits per heavy atom. The molecule has 1 aromatic heterocycles. The smallest absolute Gasteiger partial charge is 0.354 e. The van der Waals surface area contributed by atoms with E-state index < -0.39 is 18.2 Å². The number of hydrogen-bond donors (Lipinski definition) is 0. The topological polar surface area (TPSA) is 88.9 Å². The second-order valence-corrected chi connectivity index (χ2v) is 8.81. The summed E-state index contributed by atoms with van der Waals surface area (Å²) < 4.78 is 7.64. The van der Waals surface area contributed by atoms with E-state index in [1.807, 2.05) is 19.9 Å². The van der Waals surface area contributed by atoms with Crippen molar-refractivity contribution in [3.8, 4) is 0 Å². The summed E-state index contributed by atoms with van der Waals surface area (Å²) in [6, 6.07) is 9.00. The maximum absolute atomic E-state index is 13.4. The van der Waals surface area contributed by atoms with Gasteiger partial charge in [0, 0.05) is 42.9 Å². The van der Waals surface area contributed by atoms with Crippen molar-refractivity contribution >= 4 is 29.3 Å². The fourth-order valence-electron chi connectivity index (χ4n) is 5.17. The Bertz CT molecular complexity index is 1180. The van der Waals surface area contributed by atoms with Crippen LogP contribution in [0.15, 0.2) is 30.3 Å². The van der Waals surface area contributed by atoms with Gasteiger partial charge in [-0.05, 0) is 44.9 Å². The Labute approximate surface area is 185 Å². The van der Waals surface area contributed by atoms with Gasteiger partial charge in [0.05, 0.1) is 11.3 Å². The molecule has 5 rings (SSSR count). The molecule has 0 radical (unpaired) electrons. The van der Waals surface area contributed by atoms with Crippen molar-refractivity contribution in [3.05, 3.63) is 52.8 Å². The molecule has 1 aromatic carbocycles. The minimum Gasteiger partial charge on any atom is -0.454 e. The zero-order valence-electron chi connectivity index (χ0n) is 18.4. The number of likely N-dealkylation sites (N-methyl/N-ethyl adjacent to an activating group) is 1. The molecule has 1 saturated carbocycles. The van der Waals surface area contributed by atoms with E-state index in [2.05, 4.69) is 4.57 Å². The number of Topliss-reactive ketones (excluding diaryl/α,β-unsaturated/α-hetero) is 1. The predicted octanol–water partition coefficient (Wildman–Crippen LogP) is 2.77.